The van der Waals surface area contributed by atoms with Gasteiger partial charge in [-0.3, -0.25) is 9.59 Å². The van der Waals surface area contributed by atoms with Gasteiger partial charge < -0.3 is 14.5 Å². The van der Waals surface area contributed by atoms with Crippen molar-refractivity contribution >= 4 is 29.1 Å². The Balaban J connectivity index is 1.48. The van der Waals surface area contributed by atoms with Crippen LogP contribution in [0.25, 0.3) is 0 Å². The molecule has 0 aliphatic carbocycles. The molecule has 2 amide bonds. The van der Waals surface area contributed by atoms with E-state index in [0.717, 1.165) is 51.6 Å². The fraction of sp³-hybridized carbons (Fsp3) is 0.667. The molecule has 154 valence electrons. The first-order chi connectivity index (χ1) is 13.4. The number of ether oxygens (including phenoxy) is 1. The van der Waals surface area contributed by atoms with Crippen molar-refractivity contribution in [2.24, 2.45) is 5.41 Å². The minimum atomic E-state index is -0.193. The van der Waals surface area contributed by atoms with Crippen LogP contribution in [-0.2, 0) is 4.74 Å². The average molecular weight is 407 g/mol. The lowest BCUT2D eigenvalue weighted by Crippen LogP contribution is -2.44. The first kappa shape index (κ1) is 20.8. The SMILES string of the molecule is CCCCCOC(=O)N1CCC2(CCN(C(=O)c3ccc(C(C)=O)s3)CC2)C1. The van der Waals surface area contributed by atoms with Crippen molar-refractivity contribution in [3.8, 4) is 0 Å². The summed E-state index contributed by atoms with van der Waals surface area (Å²) in [6, 6.07) is 3.48. The Morgan fingerprint density at radius 2 is 1.68 bits per heavy atom. The number of ketones is 1. The van der Waals surface area contributed by atoms with E-state index in [-0.39, 0.29) is 23.2 Å². The van der Waals surface area contributed by atoms with Gasteiger partial charge in [0.1, 0.15) is 0 Å². The van der Waals surface area contributed by atoms with E-state index in [2.05, 4.69) is 6.92 Å². The van der Waals surface area contributed by atoms with Crippen molar-refractivity contribution in [2.75, 3.05) is 32.8 Å². The summed E-state index contributed by atoms with van der Waals surface area (Å²) >= 11 is 1.27. The second kappa shape index (κ2) is 9.07. The molecule has 2 fully saturated rings. The molecule has 2 saturated heterocycles. The lowest BCUT2D eigenvalue weighted by Gasteiger charge is -2.39. The van der Waals surface area contributed by atoms with Gasteiger partial charge in [0.05, 0.1) is 16.4 Å². The maximum atomic E-state index is 12.7. The van der Waals surface area contributed by atoms with E-state index in [1.54, 1.807) is 12.1 Å². The Morgan fingerprint density at radius 3 is 2.29 bits per heavy atom. The van der Waals surface area contributed by atoms with Crippen LogP contribution in [0.15, 0.2) is 12.1 Å². The van der Waals surface area contributed by atoms with Gasteiger partial charge in [-0.05, 0) is 50.2 Å². The van der Waals surface area contributed by atoms with Crippen LogP contribution in [0.3, 0.4) is 0 Å². The molecule has 0 atom stereocenters. The van der Waals surface area contributed by atoms with E-state index >= 15 is 0 Å². The highest BCUT2D eigenvalue weighted by atomic mass is 32.1. The summed E-state index contributed by atoms with van der Waals surface area (Å²) in [6.45, 7) is 7.02. The molecule has 3 heterocycles. The zero-order valence-corrected chi connectivity index (χ0v) is 17.7. The molecule has 0 saturated carbocycles. The smallest absolute Gasteiger partial charge is 0.409 e. The summed E-state index contributed by atoms with van der Waals surface area (Å²) < 4.78 is 5.40. The largest absolute Gasteiger partial charge is 0.449 e. The van der Waals surface area contributed by atoms with Crippen molar-refractivity contribution in [1.82, 2.24) is 9.80 Å². The molecule has 1 spiro atoms. The molecule has 0 radical (unpaired) electrons. The molecule has 0 unspecified atom stereocenters. The number of piperidine rings is 1. The monoisotopic (exact) mass is 406 g/mol. The lowest BCUT2D eigenvalue weighted by atomic mass is 9.78. The average Bonchev–Trinajstić information content (AvgIpc) is 3.33. The zero-order valence-electron chi connectivity index (χ0n) is 16.9. The summed E-state index contributed by atoms with van der Waals surface area (Å²) in [6.07, 6.45) is 5.72. The summed E-state index contributed by atoms with van der Waals surface area (Å²) in [5.41, 5.74) is 0.110. The fourth-order valence-electron chi connectivity index (χ4n) is 4.08. The highest BCUT2D eigenvalue weighted by Gasteiger charge is 2.43. The van der Waals surface area contributed by atoms with E-state index in [0.29, 0.717) is 29.5 Å². The van der Waals surface area contributed by atoms with Crippen molar-refractivity contribution in [3.63, 3.8) is 0 Å². The standard InChI is InChI=1S/C21H30N2O4S/c1-3-4-5-14-27-20(26)23-13-10-21(15-23)8-11-22(12-9-21)19(25)18-7-6-17(28-18)16(2)24/h6-7H,3-5,8-15H2,1-2H3. The number of nitrogens with zero attached hydrogens (tertiary/aromatic N) is 2. The summed E-state index contributed by atoms with van der Waals surface area (Å²) in [5, 5.41) is 0. The number of thiophene rings is 1. The number of hydrogen-bond donors (Lipinski definition) is 0. The number of carbonyl (C=O) groups is 3. The van der Waals surface area contributed by atoms with Gasteiger partial charge >= 0.3 is 6.09 Å². The third-order valence-corrected chi connectivity index (χ3v) is 7.12. The number of unbranched alkanes of at least 4 members (excludes halogenated alkanes) is 2. The Bertz CT molecular complexity index is 722. The number of amides is 2. The molecule has 6 nitrogen and oxygen atoms in total. The molecule has 0 N–H and O–H groups in total. The van der Waals surface area contributed by atoms with Gasteiger partial charge in [0.25, 0.3) is 5.91 Å². The number of rotatable bonds is 6. The van der Waals surface area contributed by atoms with Crippen LogP contribution in [0.5, 0.6) is 0 Å². The van der Waals surface area contributed by atoms with Gasteiger partial charge in [0, 0.05) is 26.2 Å². The van der Waals surface area contributed by atoms with Gasteiger partial charge in [-0.15, -0.1) is 11.3 Å². The molecule has 2 aliphatic heterocycles. The molecule has 1 aromatic rings. The maximum Gasteiger partial charge on any atom is 0.409 e. The van der Waals surface area contributed by atoms with E-state index in [4.69, 9.17) is 4.74 Å². The van der Waals surface area contributed by atoms with Gasteiger partial charge in [0.2, 0.25) is 0 Å². The van der Waals surface area contributed by atoms with Crippen LogP contribution in [0.4, 0.5) is 4.79 Å². The molecule has 0 aromatic carbocycles. The Morgan fingerprint density at radius 1 is 1.04 bits per heavy atom. The van der Waals surface area contributed by atoms with Gasteiger partial charge in [-0.1, -0.05) is 19.8 Å². The van der Waals surface area contributed by atoms with Crippen molar-refractivity contribution in [3.05, 3.63) is 21.9 Å². The van der Waals surface area contributed by atoms with Crippen LogP contribution in [0.2, 0.25) is 0 Å². The van der Waals surface area contributed by atoms with Gasteiger partial charge in [-0.25, -0.2) is 4.79 Å². The summed E-state index contributed by atoms with van der Waals surface area (Å²) in [4.78, 5) is 41.4. The second-order valence-corrected chi connectivity index (χ2v) is 9.09. The van der Waals surface area contributed by atoms with Crippen LogP contribution in [-0.4, -0.2) is 60.4 Å². The highest BCUT2D eigenvalue weighted by molar-refractivity contribution is 7.15. The van der Waals surface area contributed by atoms with Gasteiger partial charge in [-0.2, -0.15) is 0 Å². The number of hydrogen-bond acceptors (Lipinski definition) is 5. The quantitative estimate of drug-likeness (QED) is 0.524. The Kier molecular flexibility index (Phi) is 6.75. The van der Waals surface area contributed by atoms with Gasteiger partial charge in [0.15, 0.2) is 5.78 Å². The Labute approximate surface area is 170 Å². The number of Topliss-reactive ketones (excluding diaryl/α,β-unsaturated/α-hetero) is 1. The van der Waals surface area contributed by atoms with Crippen molar-refractivity contribution < 1.29 is 19.1 Å². The van der Waals surface area contributed by atoms with E-state index in [9.17, 15) is 14.4 Å². The van der Waals surface area contributed by atoms with Crippen LogP contribution in [0, 0.1) is 5.41 Å². The first-order valence-corrected chi connectivity index (χ1v) is 11.1. The number of likely N-dealkylation sites (tertiary alicyclic amines) is 2. The third-order valence-electron chi connectivity index (χ3n) is 5.95. The summed E-state index contributed by atoms with van der Waals surface area (Å²) in [7, 11) is 0. The minimum Gasteiger partial charge on any atom is -0.449 e. The van der Waals surface area contributed by atoms with Crippen molar-refractivity contribution in [2.45, 2.75) is 52.4 Å². The van der Waals surface area contributed by atoms with E-state index < -0.39 is 0 Å². The summed E-state index contributed by atoms with van der Waals surface area (Å²) in [5.74, 6) is 0.00631. The predicted octanol–water partition coefficient (Wildman–Crippen LogP) is 4.21. The molecule has 28 heavy (non-hydrogen) atoms. The molecular formula is C21H30N2O4S. The normalized spacial score (nSPS) is 18.5. The molecule has 7 heteroatoms. The fourth-order valence-corrected chi connectivity index (χ4v) is 4.95. The Hall–Kier alpha value is -1.89. The van der Waals surface area contributed by atoms with Crippen LogP contribution < -0.4 is 0 Å². The second-order valence-electron chi connectivity index (χ2n) is 8.01. The first-order valence-electron chi connectivity index (χ1n) is 10.3. The molecule has 0 bridgehead atoms. The minimum absolute atomic E-state index is 0.00530. The van der Waals surface area contributed by atoms with E-state index in [1.165, 1.54) is 18.3 Å². The predicted molar refractivity (Wildman–Crippen MR) is 109 cm³/mol. The lowest BCUT2D eigenvalue weighted by molar-refractivity contribution is 0.0577. The van der Waals surface area contributed by atoms with E-state index in [1.807, 2.05) is 9.80 Å². The van der Waals surface area contributed by atoms with Crippen LogP contribution in [0.1, 0.15) is 71.7 Å². The molecule has 2 aliphatic rings. The van der Waals surface area contributed by atoms with Crippen molar-refractivity contribution in [1.29, 1.82) is 0 Å². The molecule has 3 rings (SSSR count). The van der Waals surface area contributed by atoms with Crippen LogP contribution >= 0.6 is 11.3 Å². The molecule has 1 aromatic heterocycles. The maximum absolute atomic E-state index is 12.7. The zero-order chi connectivity index (χ0) is 20.1. The number of carbonyl (C=O) groups excluding carboxylic acids is 3. The topological polar surface area (TPSA) is 66.9 Å². The molecular weight excluding hydrogens is 376 g/mol. The third kappa shape index (κ3) is 4.74. The highest BCUT2D eigenvalue weighted by Crippen LogP contribution is 2.41.